The Hall–Kier alpha value is -3.02. The number of carbonyl (C=O) groups is 1. The first-order chi connectivity index (χ1) is 10.2. The van der Waals surface area contributed by atoms with E-state index < -0.39 is 5.97 Å². The van der Waals surface area contributed by atoms with E-state index in [0.717, 1.165) is 0 Å². The molecule has 0 aliphatic heterocycles. The Balaban J connectivity index is 2.24. The number of methoxy groups -OCH3 is 1. The standard InChI is InChI=1S/C15H11N3O3/c1-21-15(20)10-5-2-4-9(8-10)12-13-11(6-3-7-16-13)14(19)18-17-12/h2-8H,1H3,(H,18,19). The fourth-order valence-corrected chi connectivity index (χ4v) is 2.11. The van der Waals surface area contributed by atoms with E-state index in [1.807, 2.05) is 0 Å². The number of ether oxygens (including phenoxy) is 1. The lowest BCUT2D eigenvalue weighted by Gasteiger charge is -2.05. The van der Waals surface area contributed by atoms with Crippen LogP contribution < -0.4 is 5.56 Å². The monoisotopic (exact) mass is 281 g/mol. The molecule has 0 saturated heterocycles. The highest BCUT2D eigenvalue weighted by molar-refractivity contribution is 5.94. The van der Waals surface area contributed by atoms with Gasteiger partial charge in [-0.1, -0.05) is 12.1 Å². The van der Waals surface area contributed by atoms with Gasteiger partial charge in [-0.25, -0.2) is 9.89 Å². The molecule has 0 amide bonds. The molecular weight excluding hydrogens is 270 g/mol. The van der Waals surface area contributed by atoms with Crippen LogP contribution in [0.25, 0.3) is 22.2 Å². The predicted octanol–water partition coefficient (Wildman–Crippen LogP) is 1.77. The molecule has 3 rings (SSSR count). The second-order valence-corrected chi connectivity index (χ2v) is 4.37. The number of hydrogen-bond acceptors (Lipinski definition) is 5. The summed E-state index contributed by atoms with van der Waals surface area (Å²) in [5.41, 5.74) is 1.79. The predicted molar refractivity (Wildman–Crippen MR) is 76.9 cm³/mol. The highest BCUT2D eigenvalue weighted by Crippen LogP contribution is 2.23. The number of nitrogens with zero attached hydrogens (tertiary/aromatic N) is 2. The minimum atomic E-state index is -0.432. The average molecular weight is 281 g/mol. The molecule has 2 heterocycles. The third-order valence-electron chi connectivity index (χ3n) is 3.10. The van der Waals surface area contributed by atoms with Crippen LogP contribution in [0.15, 0.2) is 47.4 Å². The number of pyridine rings is 1. The van der Waals surface area contributed by atoms with Crippen molar-refractivity contribution in [2.24, 2.45) is 0 Å². The first kappa shape index (κ1) is 13.0. The van der Waals surface area contributed by atoms with E-state index in [1.54, 1.807) is 42.6 Å². The largest absolute Gasteiger partial charge is 0.465 e. The van der Waals surface area contributed by atoms with Crippen LogP contribution in [-0.2, 0) is 4.74 Å². The van der Waals surface area contributed by atoms with Gasteiger partial charge in [-0.2, -0.15) is 5.10 Å². The molecular formula is C15H11N3O3. The van der Waals surface area contributed by atoms with Crippen molar-refractivity contribution < 1.29 is 9.53 Å². The molecule has 0 atom stereocenters. The van der Waals surface area contributed by atoms with Crippen LogP contribution in [0.4, 0.5) is 0 Å². The third kappa shape index (κ3) is 2.27. The van der Waals surface area contributed by atoms with Gasteiger partial charge < -0.3 is 4.74 Å². The minimum Gasteiger partial charge on any atom is -0.465 e. The van der Waals surface area contributed by atoms with Crippen molar-refractivity contribution in [3.8, 4) is 11.3 Å². The molecule has 21 heavy (non-hydrogen) atoms. The molecule has 104 valence electrons. The zero-order valence-corrected chi connectivity index (χ0v) is 11.2. The van der Waals surface area contributed by atoms with Gasteiger partial charge in [0.15, 0.2) is 0 Å². The zero-order valence-electron chi connectivity index (χ0n) is 11.2. The maximum Gasteiger partial charge on any atom is 0.337 e. The fourth-order valence-electron chi connectivity index (χ4n) is 2.11. The summed E-state index contributed by atoms with van der Waals surface area (Å²) < 4.78 is 4.70. The quantitative estimate of drug-likeness (QED) is 0.724. The van der Waals surface area contributed by atoms with Gasteiger partial charge in [0.25, 0.3) is 5.56 Å². The maximum atomic E-state index is 11.8. The highest BCUT2D eigenvalue weighted by atomic mass is 16.5. The van der Waals surface area contributed by atoms with Crippen molar-refractivity contribution in [3.63, 3.8) is 0 Å². The van der Waals surface area contributed by atoms with Crippen molar-refractivity contribution in [2.45, 2.75) is 0 Å². The molecule has 0 aliphatic carbocycles. The molecule has 0 fully saturated rings. The number of aromatic amines is 1. The summed E-state index contributed by atoms with van der Waals surface area (Å²) >= 11 is 0. The van der Waals surface area contributed by atoms with E-state index in [-0.39, 0.29) is 5.56 Å². The number of H-pyrrole nitrogens is 1. The van der Waals surface area contributed by atoms with Crippen molar-refractivity contribution in [2.75, 3.05) is 7.11 Å². The van der Waals surface area contributed by atoms with E-state index in [2.05, 4.69) is 15.2 Å². The molecule has 3 aromatic rings. The highest BCUT2D eigenvalue weighted by Gasteiger charge is 2.12. The molecule has 0 bridgehead atoms. The molecule has 0 aliphatic rings. The Kier molecular flexibility index (Phi) is 3.19. The molecule has 6 nitrogen and oxygen atoms in total. The summed E-state index contributed by atoms with van der Waals surface area (Å²) in [7, 11) is 1.32. The summed E-state index contributed by atoms with van der Waals surface area (Å²) in [4.78, 5) is 27.6. The Morgan fingerprint density at radius 2 is 2.10 bits per heavy atom. The first-order valence-electron chi connectivity index (χ1n) is 6.23. The van der Waals surface area contributed by atoms with E-state index in [9.17, 15) is 9.59 Å². The molecule has 1 N–H and O–H groups in total. The van der Waals surface area contributed by atoms with E-state index in [0.29, 0.717) is 27.7 Å². The SMILES string of the molecule is COC(=O)c1cccc(-c2n[nH]c(=O)c3cccnc23)c1. The number of rotatable bonds is 2. The van der Waals surface area contributed by atoms with Crippen LogP contribution in [0.3, 0.4) is 0 Å². The maximum absolute atomic E-state index is 11.8. The van der Waals surface area contributed by atoms with Crippen molar-refractivity contribution >= 4 is 16.9 Å². The van der Waals surface area contributed by atoms with Gasteiger partial charge in [0, 0.05) is 11.8 Å². The van der Waals surface area contributed by atoms with Crippen LogP contribution in [0.5, 0.6) is 0 Å². The number of benzene rings is 1. The summed E-state index contributed by atoms with van der Waals surface area (Å²) in [6.45, 7) is 0. The van der Waals surface area contributed by atoms with Gasteiger partial charge in [0.05, 0.1) is 18.1 Å². The van der Waals surface area contributed by atoms with Gasteiger partial charge in [0.2, 0.25) is 0 Å². The molecule has 0 unspecified atom stereocenters. The van der Waals surface area contributed by atoms with E-state index >= 15 is 0 Å². The summed E-state index contributed by atoms with van der Waals surface area (Å²) in [6, 6.07) is 10.2. The molecule has 6 heteroatoms. The van der Waals surface area contributed by atoms with Gasteiger partial charge >= 0.3 is 5.97 Å². The fraction of sp³-hybridized carbons (Fsp3) is 0.0667. The van der Waals surface area contributed by atoms with Crippen LogP contribution >= 0.6 is 0 Å². The summed E-state index contributed by atoms with van der Waals surface area (Å²) in [5.74, 6) is -0.432. The Labute approximate surface area is 119 Å². The summed E-state index contributed by atoms with van der Waals surface area (Å²) in [5, 5.41) is 6.94. The van der Waals surface area contributed by atoms with Gasteiger partial charge in [0.1, 0.15) is 11.2 Å². The molecule has 0 saturated carbocycles. The second-order valence-electron chi connectivity index (χ2n) is 4.37. The lowest BCUT2D eigenvalue weighted by atomic mass is 10.1. The van der Waals surface area contributed by atoms with Crippen LogP contribution in [-0.4, -0.2) is 28.3 Å². The van der Waals surface area contributed by atoms with Crippen LogP contribution in [0.1, 0.15) is 10.4 Å². The number of aromatic nitrogens is 3. The summed E-state index contributed by atoms with van der Waals surface area (Å²) in [6.07, 6.45) is 1.59. The number of esters is 1. The second kappa shape index (κ2) is 5.16. The molecule has 0 radical (unpaired) electrons. The van der Waals surface area contributed by atoms with E-state index in [1.165, 1.54) is 7.11 Å². The number of hydrogen-bond donors (Lipinski definition) is 1. The number of carbonyl (C=O) groups excluding carboxylic acids is 1. The lowest BCUT2D eigenvalue weighted by molar-refractivity contribution is 0.0601. The molecule has 0 spiro atoms. The first-order valence-corrected chi connectivity index (χ1v) is 6.23. The van der Waals surface area contributed by atoms with E-state index in [4.69, 9.17) is 4.74 Å². The average Bonchev–Trinajstić information content (AvgIpc) is 2.55. The Morgan fingerprint density at radius 1 is 1.24 bits per heavy atom. The zero-order chi connectivity index (χ0) is 14.8. The lowest BCUT2D eigenvalue weighted by Crippen LogP contribution is -2.10. The topological polar surface area (TPSA) is 84.9 Å². The normalized spacial score (nSPS) is 10.5. The van der Waals surface area contributed by atoms with Crippen molar-refractivity contribution in [1.82, 2.24) is 15.2 Å². The van der Waals surface area contributed by atoms with Crippen molar-refractivity contribution in [3.05, 3.63) is 58.5 Å². The van der Waals surface area contributed by atoms with Gasteiger partial charge in [-0.3, -0.25) is 9.78 Å². The van der Waals surface area contributed by atoms with Crippen molar-refractivity contribution in [1.29, 1.82) is 0 Å². The molecule has 1 aromatic carbocycles. The number of fused-ring (bicyclic) bond motifs is 1. The minimum absolute atomic E-state index is 0.300. The molecule has 2 aromatic heterocycles. The van der Waals surface area contributed by atoms with Crippen LogP contribution in [0.2, 0.25) is 0 Å². The van der Waals surface area contributed by atoms with Gasteiger partial charge in [-0.05, 0) is 24.3 Å². The van der Waals surface area contributed by atoms with Crippen LogP contribution in [0, 0.1) is 0 Å². The number of nitrogens with one attached hydrogen (secondary N) is 1. The Bertz CT molecular complexity index is 886. The smallest absolute Gasteiger partial charge is 0.337 e. The third-order valence-corrected chi connectivity index (χ3v) is 3.10. The van der Waals surface area contributed by atoms with Gasteiger partial charge in [-0.15, -0.1) is 0 Å². The Morgan fingerprint density at radius 3 is 2.90 bits per heavy atom.